The Labute approximate surface area is 215 Å². The summed E-state index contributed by atoms with van der Waals surface area (Å²) in [5.74, 6) is 1.45. The van der Waals surface area contributed by atoms with Crippen molar-refractivity contribution in [3.05, 3.63) is 66.5 Å². The van der Waals surface area contributed by atoms with E-state index in [2.05, 4.69) is 22.3 Å². The monoisotopic (exact) mass is 506 g/mol. The summed E-state index contributed by atoms with van der Waals surface area (Å²) in [4.78, 5) is 3.48. The third-order valence-corrected chi connectivity index (χ3v) is 7.69. The van der Waals surface area contributed by atoms with Crippen LogP contribution in [0.5, 0.6) is 17.2 Å². The molecule has 2 heterocycles. The molecular weight excluding hydrogens is 475 g/mol. The Morgan fingerprint density at radius 1 is 0.889 bits per heavy atom. The van der Waals surface area contributed by atoms with Gasteiger partial charge in [0.2, 0.25) is 0 Å². The number of benzene rings is 3. The minimum atomic E-state index is -0.378. The van der Waals surface area contributed by atoms with E-state index in [1.807, 2.05) is 36.4 Å². The second-order valence-electron chi connectivity index (χ2n) is 8.95. The lowest BCUT2D eigenvalue weighted by Crippen LogP contribution is -2.33. The zero-order chi connectivity index (χ0) is 24.9. The highest BCUT2D eigenvalue weighted by Crippen LogP contribution is 2.41. The molecule has 1 aliphatic heterocycles. The molecule has 36 heavy (non-hydrogen) atoms. The van der Waals surface area contributed by atoms with Crippen molar-refractivity contribution in [1.29, 1.82) is 0 Å². The summed E-state index contributed by atoms with van der Waals surface area (Å²) in [6.07, 6.45) is 3.76. The van der Waals surface area contributed by atoms with Crippen LogP contribution in [-0.4, -0.2) is 45.4 Å². The van der Waals surface area contributed by atoms with Gasteiger partial charge >= 0.3 is 0 Å². The first-order valence-electron chi connectivity index (χ1n) is 12.3. The fourth-order valence-corrected chi connectivity index (χ4v) is 5.65. The van der Waals surface area contributed by atoms with E-state index in [0.29, 0.717) is 12.3 Å². The number of methoxy groups -OCH3 is 2. The first-order chi connectivity index (χ1) is 17.6. The summed E-state index contributed by atoms with van der Waals surface area (Å²) in [5, 5.41) is 4.51. The number of hydrogen-bond donors (Lipinski definition) is 1. The van der Waals surface area contributed by atoms with Crippen molar-refractivity contribution >= 4 is 32.8 Å². The molecule has 5 nitrogen and oxygen atoms in total. The molecule has 0 atom stereocenters. The van der Waals surface area contributed by atoms with E-state index in [-0.39, 0.29) is 11.6 Å². The van der Waals surface area contributed by atoms with Gasteiger partial charge in [0.05, 0.1) is 19.9 Å². The second kappa shape index (κ2) is 11.2. The van der Waals surface area contributed by atoms with Crippen molar-refractivity contribution in [3.8, 4) is 27.7 Å². The van der Waals surface area contributed by atoms with Gasteiger partial charge in [-0.25, -0.2) is 4.39 Å². The SMILES string of the molecule is COc1ccc(-c2cc3cc(OC)ccc3s2)c(Nc2ccc(OCCN3CCCCC3)c(F)c2)c1. The second-order valence-corrected chi connectivity index (χ2v) is 10.0. The van der Waals surface area contributed by atoms with Crippen LogP contribution in [0.2, 0.25) is 0 Å². The van der Waals surface area contributed by atoms with Crippen LogP contribution >= 0.6 is 11.3 Å². The topological polar surface area (TPSA) is 43.0 Å². The van der Waals surface area contributed by atoms with Crippen LogP contribution in [0.1, 0.15) is 19.3 Å². The molecule has 0 saturated carbocycles. The van der Waals surface area contributed by atoms with E-state index in [1.54, 1.807) is 31.6 Å². The lowest BCUT2D eigenvalue weighted by Gasteiger charge is -2.26. The Morgan fingerprint density at radius 2 is 1.67 bits per heavy atom. The number of nitrogens with one attached hydrogen (secondary N) is 1. The van der Waals surface area contributed by atoms with Gasteiger partial charge in [0.25, 0.3) is 0 Å². The lowest BCUT2D eigenvalue weighted by atomic mass is 10.1. The zero-order valence-electron chi connectivity index (χ0n) is 20.7. The van der Waals surface area contributed by atoms with Gasteiger partial charge in [0.15, 0.2) is 11.6 Å². The molecule has 3 aromatic carbocycles. The largest absolute Gasteiger partial charge is 0.497 e. The van der Waals surface area contributed by atoms with Crippen molar-refractivity contribution < 1.29 is 18.6 Å². The molecule has 1 aliphatic rings. The normalized spacial score (nSPS) is 14.1. The molecule has 1 saturated heterocycles. The van der Waals surface area contributed by atoms with Crippen LogP contribution < -0.4 is 19.5 Å². The molecule has 1 fully saturated rings. The Hall–Kier alpha value is -3.29. The summed E-state index contributed by atoms with van der Waals surface area (Å²) in [7, 11) is 3.31. The molecule has 7 heteroatoms. The predicted molar refractivity (Wildman–Crippen MR) is 146 cm³/mol. The molecule has 1 N–H and O–H groups in total. The van der Waals surface area contributed by atoms with Gasteiger partial charge in [-0.3, -0.25) is 4.90 Å². The molecule has 4 aromatic rings. The number of nitrogens with zero attached hydrogens (tertiary/aromatic N) is 1. The molecular formula is C29H31FN2O3S. The average Bonchev–Trinajstić information content (AvgIpc) is 3.33. The van der Waals surface area contributed by atoms with Crippen molar-refractivity contribution in [1.82, 2.24) is 4.90 Å². The molecule has 0 aliphatic carbocycles. The number of hydrogen-bond acceptors (Lipinski definition) is 6. The molecule has 0 spiro atoms. The third-order valence-electron chi connectivity index (χ3n) is 6.54. The summed E-state index contributed by atoms with van der Waals surface area (Å²) in [6.45, 7) is 3.52. The van der Waals surface area contributed by atoms with E-state index in [9.17, 15) is 4.39 Å². The maximum Gasteiger partial charge on any atom is 0.167 e. The van der Waals surface area contributed by atoms with Crippen LogP contribution in [0.4, 0.5) is 15.8 Å². The smallest absolute Gasteiger partial charge is 0.167 e. The number of anilines is 2. The Kier molecular flexibility index (Phi) is 7.58. The third kappa shape index (κ3) is 5.58. The number of piperidine rings is 1. The van der Waals surface area contributed by atoms with Crippen LogP contribution in [-0.2, 0) is 0 Å². The van der Waals surface area contributed by atoms with E-state index < -0.39 is 0 Å². The van der Waals surface area contributed by atoms with E-state index in [0.717, 1.165) is 52.6 Å². The van der Waals surface area contributed by atoms with Gasteiger partial charge < -0.3 is 19.5 Å². The quantitative estimate of drug-likeness (QED) is 0.257. The first-order valence-corrected chi connectivity index (χ1v) is 13.1. The maximum atomic E-state index is 14.9. The van der Waals surface area contributed by atoms with Crippen molar-refractivity contribution in [2.24, 2.45) is 0 Å². The number of thiophene rings is 1. The number of fused-ring (bicyclic) bond motifs is 1. The van der Waals surface area contributed by atoms with Gasteiger partial charge in [0.1, 0.15) is 18.1 Å². The zero-order valence-corrected chi connectivity index (χ0v) is 21.5. The van der Waals surface area contributed by atoms with Crippen LogP contribution in [0.3, 0.4) is 0 Å². The number of likely N-dealkylation sites (tertiary alicyclic amines) is 1. The van der Waals surface area contributed by atoms with Gasteiger partial charge in [-0.15, -0.1) is 11.3 Å². The highest BCUT2D eigenvalue weighted by molar-refractivity contribution is 7.22. The fraction of sp³-hybridized carbons (Fsp3) is 0.310. The van der Waals surface area contributed by atoms with Gasteiger partial charge in [-0.2, -0.15) is 0 Å². The summed E-state index contributed by atoms with van der Waals surface area (Å²) in [6, 6.07) is 19.1. The Balaban J connectivity index is 1.34. The fourth-order valence-electron chi connectivity index (χ4n) is 4.57. The first kappa shape index (κ1) is 24.4. The summed E-state index contributed by atoms with van der Waals surface area (Å²) in [5.41, 5.74) is 2.50. The van der Waals surface area contributed by atoms with Crippen molar-refractivity contribution in [2.75, 3.05) is 45.8 Å². The van der Waals surface area contributed by atoms with E-state index in [1.165, 1.54) is 30.0 Å². The number of rotatable bonds is 9. The molecule has 188 valence electrons. The average molecular weight is 507 g/mol. The molecule has 5 rings (SSSR count). The minimum absolute atomic E-state index is 0.280. The van der Waals surface area contributed by atoms with Gasteiger partial charge in [-0.05, 0) is 79.8 Å². The van der Waals surface area contributed by atoms with Crippen LogP contribution in [0.15, 0.2) is 60.7 Å². The Bertz CT molecular complexity index is 1330. The maximum absolute atomic E-state index is 14.9. The number of halogens is 1. The van der Waals surface area contributed by atoms with Crippen molar-refractivity contribution in [3.63, 3.8) is 0 Å². The molecule has 0 amide bonds. The minimum Gasteiger partial charge on any atom is -0.497 e. The predicted octanol–water partition coefficient (Wildman–Crippen LogP) is 7.33. The number of ether oxygens (including phenoxy) is 3. The Morgan fingerprint density at radius 3 is 2.44 bits per heavy atom. The highest BCUT2D eigenvalue weighted by Gasteiger charge is 2.14. The standard InChI is InChI=1S/C29H31FN2O3S/c1-33-22-8-11-28-20(16-22)17-29(36-28)24-9-7-23(34-2)19-26(24)31-21-6-10-27(25(30)18-21)35-15-14-32-12-4-3-5-13-32/h6-11,16-19,31H,3-5,12-15H2,1-2H3. The lowest BCUT2D eigenvalue weighted by molar-refractivity contribution is 0.180. The van der Waals surface area contributed by atoms with E-state index in [4.69, 9.17) is 14.2 Å². The summed E-state index contributed by atoms with van der Waals surface area (Å²) >= 11 is 1.70. The van der Waals surface area contributed by atoms with Crippen molar-refractivity contribution in [2.45, 2.75) is 19.3 Å². The molecule has 1 aromatic heterocycles. The van der Waals surface area contributed by atoms with Crippen LogP contribution in [0.25, 0.3) is 20.5 Å². The molecule has 0 bridgehead atoms. The van der Waals surface area contributed by atoms with Gasteiger partial charge in [-0.1, -0.05) is 6.42 Å². The van der Waals surface area contributed by atoms with Crippen LogP contribution in [0, 0.1) is 5.82 Å². The summed E-state index contributed by atoms with van der Waals surface area (Å²) < 4.78 is 32.6. The van der Waals surface area contributed by atoms with Gasteiger partial charge in [0, 0.05) is 39.5 Å². The highest BCUT2D eigenvalue weighted by atomic mass is 32.1. The molecule has 0 unspecified atom stereocenters. The molecule has 0 radical (unpaired) electrons. The van der Waals surface area contributed by atoms with E-state index >= 15 is 0 Å².